The largest absolute Gasteiger partial charge is 0.495 e. The number of non-ortho nitro benzene ring substituents is 1. The minimum Gasteiger partial charge on any atom is -0.495 e. The van der Waals surface area contributed by atoms with E-state index in [0.29, 0.717) is 13.0 Å². The highest BCUT2D eigenvalue weighted by atomic mass is 32.2. The second-order valence-electron chi connectivity index (χ2n) is 9.45. The molecule has 0 aliphatic heterocycles. The van der Waals surface area contributed by atoms with Crippen molar-refractivity contribution in [2.24, 2.45) is 5.92 Å². The van der Waals surface area contributed by atoms with Crippen LogP contribution in [-0.4, -0.2) is 62.6 Å². The molecule has 0 spiro atoms. The number of amides is 2. The van der Waals surface area contributed by atoms with E-state index in [0.717, 1.165) is 27.8 Å². The van der Waals surface area contributed by atoms with Crippen LogP contribution >= 0.6 is 0 Å². The number of methoxy groups -OCH3 is 1. The maximum atomic E-state index is 13.8. The van der Waals surface area contributed by atoms with E-state index >= 15 is 0 Å². The first-order chi connectivity index (χ1) is 17.8. The summed E-state index contributed by atoms with van der Waals surface area (Å²) in [6.07, 6.45) is 1.19. The molecule has 2 aromatic rings. The number of hydrogen-bond donors (Lipinski definition) is 1. The predicted octanol–water partition coefficient (Wildman–Crippen LogP) is 3.26. The van der Waals surface area contributed by atoms with Gasteiger partial charge in [0.15, 0.2) is 0 Å². The molecule has 0 saturated carbocycles. The van der Waals surface area contributed by atoms with Crippen LogP contribution < -0.4 is 14.4 Å². The zero-order chi connectivity index (χ0) is 28.6. The summed E-state index contributed by atoms with van der Waals surface area (Å²) in [5, 5.41) is 14.2. The average molecular weight is 549 g/mol. The Hall–Kier alpha value is -3.67. The Labute approximate surface area is 224 Å². The van der Waals surface area contributed by atoms with Crippen LogP contribution in [0.2, 0.25) is 0 Å². The van der Waals surface area contributed by atoms with E-state index in [9.17, 15) is 28.1 Å². The highest BCUT2D eigenvalue weighted by Crippen LogP contribution is 2.34. The molecule has 12 heteroatoms. The summed E-state index contributed by atoms with van der Waals surface area (Å²) in [4.78, 5) is 38.9. The van der Waals surface area contributed by atoms with Gasteiger partial charge in [-0.2, -0.15) is 0 Å². The molecule has 0 fully saturated rings. The van der Waals surface area contributed by atoms with Gasteiger partial charge < -0.3 is 15.0 Å². The number of nitro groups is 1. The Morgan fingerprint density at radius 2 is 1.76 bits per heavy atom. The van der Waals surface area contributed by atoms with Crippen molar-refractivity contribution in [2.75, 3.05) is 30.8 Å². The topological polar surface area (TPSA) is 139 Å². The van der Waals surface area contributed by atoms with Gasteiger partial charge in [-0.1, -0.05) is 50.6 Å². The van der Waals surface area contributed by atoms with E-state index in [1.165, 1.54) is 24.1 Å². The van der Waals surface area contributed by atoms with E-state index < -0.39 is 33.4 Å². The van der Waals surface area contributed by atoms with Gasteiger partial charge in [0, 0.05) is 25.2 Å². The standard InChI is InChI=1S/C26H36N4O7S/c1-7-22(26(32)27-15-18(2)3)28(16-20-10-8-19(4)9-11-20)25(31)17-29(38(6,35)36)23-14-21(30(33)34)12-13-24(23)37-5/h8-14,18,22H,7,15-17H2,1-6H3,(H,27,32)/t22-/m1/s1. The van der Waals surface area contributed by atoms with Crippen molar-refractivity contribution in [3.63, 3.8) is 0 Å². The van der Waals surface area contributed by atoms with Crippen LogP contribution in [0.1, 0.15) is 38.3 Å². The van der Waals surface area contributed by atoms with E-state index in [4.69, 9.17) is 4.74 Å². The Morgan fingerprint density at radius 3 is 2.26 bits per heavy atom. The number of rotatable bonds is 13. The zero-order valence-electron chi connectivity index (χ0n) is 22.6. The number of anilines is 1. The highest BCUT2D eigenvalue weighted by Gasteiger charge is 2.33. The monoisotopic (exact) mass is 548 g/mol. The van der Waals surface area contributed by atoms with Gasteiger partial charge in [-0.05, 0) is 30.9 Å². The summed E-state index contributed by atoms with van der Waals surface area (Å²) < 4.78 is 31.7. The maximum Gasteiger partial charge on any atom is 0.271 e. The van der Waals surface area contributed by atoms with Crippen molar-refractivity contribution in [3.8, 4) is 5.75 Å². The molecule has 1 atom stereocenters. The number of benzene rings is 2. The van der Waals surface area contributed by atoms with Crippen LogP contribution in [0.5, 0.6) is 5.75 Å². The predicted molar refractivity (Wildman–Crippen MR) is 145 cm³/mol. The third-order valence-corrected chi connectivity index (χ3v) is 6.99. The fourth-order valence-corrected chi connectivity index (χ4v) is 4.66. The maximum absolute atomic E-state index is 13.8. The molecule has 11 nitrogen and oxygen atoms in total. The number of sulfonamides is 1. The first-order valence-corrected chi connectivity index (χ1v) is 14.1. The lowest BCUT2D eigenvalue weighted by atomic mass is 10.1. The van der Waals surface area contributed by atoms with Crippen LogP contribution in [0.3, 0.4) is 0 Å². The molecular formula is C26H36N4O7S. The minimum atomic E-state index is -4.09. The van der Waals surface area contributed by atoms with E-state index in [1.54, 1.807) is 6.92 Å². The van der Waals surface area contributed by atoms with E-state index in [-0.39, 0.29) is 35.5 Å². The highest BCUT2D eigenvalue weighted by molar-refractivity contribution is 7.92. The van der Waals surface area contributed by atoms with Crippen molar-refractivity contribution in [3.05, 3.63) is 63.7 Å². The SMILES string of the molecule is CC[C@H](C(=O)NCC(C)C)N(Cc1ccc(C)cc1)C(=O)CN(c1cc([N+](=O)[O-])ccc1OC)S(C)(=O)=O. The van der Waals surface area contributed by atoms with E-state index in [1.807, 2.05) is 45.0 Å². The lowest BCUT2D eigenvalue weighted by molar-refractivity contribution is -0.384. The summed E-state index contributed by atoms with van der Waals surface area (Å²) >= 11 is 0. The van der Waals surface area contributed by atoms with Gasteiger partial charge in [-0.15, -0.1) is 0 Å². The van der Waals surface area contributed by atoms with Crippen LogP contribution in [0.25, 0.3) is 0 Å². The molecule has 2 rings (SSSR count). The summed E-state index contributed by atoms with van der Waals surface area (Å²) in [6.45, 7) is 7.40. The summed E-state index contributed by atoms with van der Waals surface area (Å²) in [5.74, 6) is -0.753. The Bertz CT molecular complexity index is 1250. The Kier molecular flexibility index (Phi) is 10.6. The number of hydrogen-bond acceptors (Lipinski definition) is 7. The molecule has 0 aliphatic rings. The first kappa shape index (κ1) is 30.6. The normalized spacial score (nSPS) is 12.1. The molecule has 0 heterocycles. The summed E-state index contributed by atoms with van der Waals surface area (Å²) in [6, 6.07) is 10.1. The molecule has 1 N–H and O–H groups in total. The number of carbonyl (C=O) groups is 2. The molecule has 2 amide bonds. The smallest absolute Gasteiger partial charge is 0.271 e. The van der Waals surface area contributed by atoms with Crippen LogP contribution in [0, 0.1) is 23.0 Å². The lowest BCUT2D eigenvalue weighted by Gasteiger charge is -2.33. The second kappa shape index (κ2) is 13.2. The van der Waals surface area contributed by atoms with Crippen molar-refractivity contribution >= 4 is 33.2 Å². The Balaban J connectivity index is 2.53. The van der Waals surface area contributed by atoms with Gasteiger partial charge in [-0.25, -0.2) is 8.42 Å². The second-order valence-corrected chi connectivity index (χ2v) is 11.4. The first-order valence-electron chi connectivity index (χ1n) is 12.2. The third kappa shape index (κ3) is 8.17. The fourth-order valence-electron chi connectivity index (χ4n) is 3.81. The molecule has 0 saturated heterocycles. The van der Waals surface area contributed by atoms with Gasteiger partial charge >= 0.3 is 0 Å². The molecule has 0 bridgehead atoms. The summed E-state index contributed by atoms with van der Waals surface area (Å²) in [5.41, 5.74) is 1.27. The number of carbonyl (C=O) groups excluding carboxylic acids is 2. The van der Waals surface area contributed by atoms with Gasteiger partial charge in [0.1, 0.15) is 24.0 Å². The number of aryl methyl sites for hydroxylation is 1. The van der Waals surface area contributed by atoms with Gasteiger partial charge in [-0.3, -0.25) is 24.0 Å². The van der Waals surface area contributed by atoms with Crippen molar-refractivity contribution in [1.29, 1.82) is 0 Å². The summed E-state index contributed by atoms with van der Waals surface area (Å²) in [7, 11) is -2.80. The molecule has 208 valence electrons. The molecular weight excluding hydrogens is 512 g/mol. The molecule has 2 aromatic carbocycles. The van der Waals surface area contributed by atoms with Crippen molar-refractivity contribution in [2.45, 2.75) is 46.7 Å². The van der Waals surface area contributed by atoms with E-state index in [2.05, 4.69) is 5.32 Å². The van der Waals surface area contributed by atoms with Gasteiger partial charge in [0.2, 0.25) is 21.8 Å². The zero-order valence-corrected chi connectivity index (χ0v) is 23.4. The van der Waals surface area contributed by atoms with Gasteiger partial charge in [0.25, 0.3) is 5.69 Å². The average Bonchev–Trinajstić information content (AvgIpc) is 2.85. The molecule has 38 heavy (non-hydrogen) atoms. The van der Waals surface area contributed by atoms with Crippen molar-refractivity contribution < 1.29 is 27.7 Å². The quantitative estimate of drug-likeness (QED) is 0.299. The van der Waals surface area contributed by atoms with Crippen LogP contribution in [0.15, 0.2) is 42.5 Å². The fraction of sp³-hybridized carbons (Fsp3) is 0.462. The minimum absolute atomic E-state index is 0.0422. The number of nitrogens with one attached hydrogen (secondary N) is 1. The number of nitrogens with zero attached hydrogens (tertiary/aromatic N) is 3. The molecule has 0 aliphatic carbocycles. The lowest BCUT2D eigenvalue weighted by Crippen LogP contribution is -2.52. The Morgan fingerprint density at radius 1 is 1.13 bits per heavy atom. The molecule has 0 aromatic heterocycles. The molecule has 0 radical (unpaired) electrons. The molecule has 0 unspecified atom stereocenters. The number of ether oxygens (including phenoxy) is 1. The number of nitro benzene ring substituents is 1. The third-order valence-electron chi connectivity index (χ3n) is 5.87. The van der Waals surface area contributed by atoms with Crippen LogP contribution in [0.4, 0.5) is 11.4 Å². The van der Waals surface area contributed by atoms with Crippen molar-refractivity contribution in [1.82, 2.24) is 10.2 Å². The van der Waals surface area contributed by atoms with Gasteiger partial charge in [0.05, 0.1) is 18.3 Å². The van der Waals surface area contributed by atoms with Crippen LogP contribution in [-0.2, 0) is 26.2 Å².